The van der Waals surface area contributed by atoms with E-state index in [1.807, 2.05) is 60.7 Å². The molecule has 0 saturated heterocycles. The molecule has 4 nitrogen and oxygen atoms in total. The van der Waals surface area contributed by atoms with Gasteiger partial charge in [0.2, 0.25) is 0 Å². The Kier molecular flexibility index (Phi) is 3.98. The first-order valence-electron chi connectivity index (χ1n) is 6.78. The summed E-state index contributed by atoms with van der Waals surface area (Å²) in [7, 11) is 0. The van der Waals surface area contributed by atoms with Crippen LogP contribution in [0, 0.1) is 0 Å². The van der Waals surface area contributed by atoms with Crippen LogP contribution in [0.25, 0.3) is 11.3 Å². The van der Waals surface area contributed by atoms with Crippen LogP contribution in [-0.2, 0) is 13.2 Å². The minimum Gasteiger partial charge on any atom is -0.486 e. The van der Waals surface area contributed by atoms with Crippen molar-refractivity contribution in [3.05, 3.63) is 72.0 Å². The summed E-state index contributed by atoms with van der Waals surface area (Å²) in [6.07, 6.45) is 0. The van der Waals surface area contributed by atoms with Crippen LogP contribution in [-0.4, -0.2) is 5.16 Å². The smallest absolute Gasteiger partial charge is 0.174 e. The molecule has 2 N–H and O–H groups in total. The molecule has 3 rings (SSSR count). The lowest BCUT2D eigenvalue weighted by Gasteiger charge is -2.04. The topological polar surface area (TPSA) is 61.3 Å². The number of nitrogens with two attached hydrogens (primary N) is 1. The van der Waals surface area contributed by atoms with Gasteiger partial charge < -0.3 is 15.0 Å². The number of rotatable bonds is 5. The monoisotopic (exact) mass is 280 g/mol. The van der Waals surface area contributed by atoms with Crippen molar-refractivity contribution in [1.29, 1.82) is 0 Å². The van der Waals surface area contributed by atoms with Crippen molar-refractivity contribution < 1.29 is 9.26 Å². The molecule has 1 aromatic heterocycles. The van der Waals surface area contributed by atoms with E-state index in [1.54, 1.807) is 0 Å². The third-order valence-electron chi connectivity index (χ3n) is 3.14. The van der Waals surface area contributed by atoms with Crippen LogP contribution in [0.3, 0.4) is 0 Å². The second-order valence-corrected chi connectivity index (χ2v) is 4.68. The Hall–Kier alpha value is -2.59. The fraction of sp³-hybridized carbons (Fsp3) is 0.118. The number of hydrogen-bond acceptors (Lipinski definition) is 4. The highest BCUT2D eigenvalue weighted by molar-refractivity contribution is 5.58. The fourth-order valence-corrected chi connectivity index (χ4v) is 2.04. The molecule has 0 aliphatic heterocycles. The number of hydrogen-bond donors (Lipinski definition) is 1. The van der Waals surface area contributed by atoms with Crippen LogP contribution in [0.5, 0.6) is 5.75 Å². The fourth-order valence-electron chi connectivity index (χ4n) is 2.04. The van der Waals surface area contributed by atoms with Gasteiger partial charge in [0, 0.05) is 18.2 Å². The van der Waals surface area contributed by atoms with E-state index in [9.17, 15) is 0 Å². The summed E-state index contributed by atoms with van der Waals surface area (Å²) in [6.45, 7) is 0.839. The highest BCUT2D eigenvalue weighted by Gasteiger charge is 2.07. The third-order valence-corrected chi connectivity index (χ3v) is 3.14. The first-order valence-corrected chi connectivity index (χ1v) is 6.78. The molecular formula is C17H16N2O2. The van der Waals surface area contributed by atoms with Gasteiger partial charge in [-0.05, 0) is 17.7 Å². The maximum absolute atomic E-state index is 5.69. The van der Waals surface area contributed by atoms with Gasteiger partial charge in [-0.3, -0.25) is 0 Å². The second-order valence-electron chi connectivity index (χ2n) is 4.68. The van der Waals surface area contributed by atoms with Crippen LogP contribution in [0.15, 0.2) is 65.2 Å². The summed E-state index contributed by atoms with van der Waals surface area (Å²) >= 11 is 0. The quantitative estimate of drug-likeness (QED) is 0.778. The summed E-state index contributed by atoms with van der Waals surface area (Å²) in [6, 6.07) is 19.5. The summed E-state index contributed by atoms with van der Waals surface area (Å²) < 4.78 is 11.0. The van der Waals surface area contributed by atoms with Crippen LogP contribution in [0.4, 0.5) is 0 Å². The van der Waals surface area contributed by atoms with E-state index >= 15 is 0 Å². The molecule has 1 heterocycles. The molecule has 0 aliphatic carbocycles. The molecular weight excluding hydrogens is 264 g/mol. The lowest BCUT2D eigenvalue weighted by Crippen LogP contribution is -1.98. The Labute approximate surface area is 123 Å². The normalized spacial score (nSPS) is 10.5. The second kappa shape index (κ2) is 6.24. The average Bonchev–Trinajstić information content (AvgIpc) is 3.03. The first kappa shape index (κ1) is 13.4. The van der Waals surface area contributed by atoms with Crippen LogP contribution < -0.4 is 10.5 Å². The summed E-state index contributed by atoms with van der Waals surface area (Å²) in [4.78, 5) is 0. The predicted octanol–water partition coefficient (Wildman–Crippen LogP) is 3.38. The van der Waals surface area contributed by atoms with Crippen LogP contribution in [0.2, 0.25) is 0 Å². The molecule has 0 fully saturated rings. The highest BCUT2D eigenvalue weighted by Crippen LogP contribution is 2.20. The highest BCUT2D eigenvalue weighted by atomic mass is 16.5. The largest absolute Gasteiger partial charge is 0.486 e. The van der Waals surface area contributed by atoms with E-state index in [2.05, 4.69) is 5.16 Å². The minimum atomic E-state index is 0.341. The van der Waals surface area contributed by atoms with E-state index in [1.165, 1.54) is 0 Å². The van der Waals surface area contributed by atoms with Crippen molar-refractivity contribution in [3.8, 4) is 17.0 Å². The Balaban J connectivity index is 1.67. The molecule has 21 heavy (non-hydrogen) atoms. The van der Waals surface area contributed by atoms with E-state index < -0.39 is 0 Å². The summed E-state index contributed by atoms with van der Waals surface area (Å²) in [5, 5.41) is 4.06. The molecule has 0 spiro atoms. The van der Waals surface area contributed by atoms with Gasteiger partial charge >= 0.3 is 0 Å². The SMILES string of the molecule is NCc1cccc(OCc2cc(-c3ccccc3)no2)c1. The van der Waals surface area contributed by atoms with Gasteiger partial charge in [-0.25, -0.2) is 0 Å². The maximum atomic E-state index is 5.69. The zero-order chi connectivity index (χ0) is 14.5. The molecule has 0 atom stereocenters. The van der Waals surface area contributed by atoms with Crippen molar-refractivity contribution in [1.82, 2.24) is 5.16 Å². The molecule has 0 amide bonds. The molecule has 0 radical (unpaired) electrons. The Morgan fingerprint density at radius 2 is 1.86 bits per heavy atom. The zero-order valence-electron chi connectivity index (χ0n) is 11.5. The molecule has 106 valence electrons. The Bertz CT molecular complexity index is 708. The first-order chi connectivity index (χ1) is 10.3. The standard InChI is InChI=1S/C17H16N2O2/c18-11-13-5-4-8-15(9-13)20-12-16-10-17(19-21-16)14-6-2-1-3-7-14/h1-10H,11-12,18H2. The number of nitrogens with zero attached hydrogens (tertiary/aromatic N) is 1. The van der Waals surface area contributed by atoms with E-state index in [0.717, 1.165) is 22.6 Å². The summed E-state index contributed by atoms with van der Waals surface area (Å²) in [5.74, 6) is 1.46. The van der Waals surface area contributed by atoms with Crippen LogP contribution in [0.1, 0.15) is 11.3 Å². The molecule has 4 heteroatoms. The molecule has 0 bridgehead atoms. The van der Waals surface area contributed by atoms with Crippen LogP contribution >= 0.6 is 0 Å². The van der Waals surface area contributed by atoms with Crippen molar-refractivity contribution in [2.24, 2.45) is 5.73 Å². The van der Waals surface area contributed by atoms with Crippen molar-refractivity contribution in [2.75, 3.05) is 0 Å². The van der Waals surface area contributed by atoms with Crippen molar-refractivity contribution in [3.63, 3.8) is 0 Å². The van der Waals surface area contributed by atoms with E-state index in [-0.39, 0.29) is 0 Å². The minimum absolute atomic E-state index is 0.341. The molecule has 0 unspecified atom stereocenters. The van der Waals surface area contributed by atoms with Gasteiger partial charge in [0.25, 0.3) is 0 Å². The van der Waals surface area contributed by atoms with Crippen molar-refractivity contribution in [2.45, 2.75) is 13.2 Å². The lowest BCUT2D eigenvalue weighted by atomic mass is 10.1. The molecule has 0 saturated carbocycles. The predicted molar refractivity (Wildman–Crippen MR) is 80.6 cm³/mol. The molecule has 3 aromatic rings. The Morgan fingerprint density at radius 3 is 2.67 bits per heavy atom. The number of aromatic nitrogens is 1. The van der Waals surface area contributed by atoms with Gasteiger partial charge in [-0.1, -0.05) is 47.6 Å². The van der Waals surface area contributed by atoms with Gasteiger partial charge in [0.15, 0.2) is 5.76 Å². The number of ether oxygens (including phenoxy) is 1. The van der Waals surface area contributed by atoms with Gasteiger partial charge in [0.05, 0.1) is 0 Å². The van der Waals surface area contributed by atoms with E-state index in [4.69, 9.17) is 15.0 Å². The number of benzene rings is 2. The van der Waals surface area contributed by atoms with Crippen molar-refractivity contribution >= 4 is 0 Å². The third kappa shape index (κ3) is 3.30. The van der Waals surface area contributed by atoms with Gasteiger partial charge in [0.1, 0.15) is 18.1 Å². The van der Waals surface area contributed by atoms with Gasteiger partial charge in [-0.2, -0.15) is 0 Å². The Morgan fingerprint density at radius 1 is 1.00 bits per heavy atom. The zero-order valence-corrected chi connectivity index (χ0v) is 11.5. The lowest BCUT2D eigenvalue weighted by molar-refractivity contribution is 0.249. The average molecular weight is 280 g/mol. The maximum Gasteiger partial charge on any atom is 0.174 e. The summed E-state index contributed by atoms with van der Waals surface area (Å²) in [5.41, 5.74) is 8.48. The molecule has 2 aromatic carbocycles. The van der Waals surface area contributed by atoms with Gasteiger partial charge in [-0.15, -0.1) is 0 Å². The molecule has 0 aliphatic rings. The van der Waals surface area contributed by atoms with E-state index in [0.29, 0.717) is 18.9 Å².